The second-order valence-electron chi connectivity index (χ2n) is 8.27. The summed E-state index contributed by atoms with van der Waals surface area (Å²) in [6.45, 7) is 3.39. The maximum Gasteiger partial charge on any atom is 0.229 e. The van der Waals surface area contributed by atoms with Gasteiger partial charge in [-0.05, 0) is 42.3 Å². The van der Waals surface area contributed by atoms with Crippen molar-refractivity contribution in [2.45, 2.75) is 13.0 Å². The van der Waals surface area contributed by atoms with Gasteiger partial charge in [-0.25, -0.2) is 8.42 Å². The van der Waals surface area contributed by atoms with Gasteiger partial charge in [0, 0.05) is 47.0 Å². The summed E-state index contributed by atoms with van der Waals surface area (Å²) < 4.78 is 31.1. The van der Waals surface area contributed by atoms with Crippen LogP contribution in [0.4, 0.5) is 5.69 Å². The molecule has 0 amide bonds. The first-order chi connectivity index (χ1) is 16.3. The number of fused-ring (bicyclic) bond motifs is 1. The molecule has 0 unspecified atom stereocenters. The summed E-state index contributed by atoms with van der Waals surface area (Å²) in [5.74, 6) is 0.773. The van der Waals surface area contributed by atoms with Crippen molar-refractivity contribution in [3.63, 3.8) is 0 Å². The fraction of sp³-hybridized carbons (Fsp3) is 0.231. The van der Waals surface area contributed by atoms with Gasteiger partial charge in [0.15, 0.2) is 0 Å². The Morgan fingerprint density at radius 2 is 1.82 bits per heavy atom. The van der Waals surface area contributed by atoms with Crippen LogP contribution >= 0.6 is 0 Å². The molecule has 1 aromatic heterocycles. The zero-order chi connectivity index (χ0) is 24.1. The molecule has 0 bridgehead atoms. The first-order valence-electron chi connectivity index (χ1n) is 11.1. The number of benzene rings is 3. The number of aromatic nitrogens is 1. The lowest BCUT2D eigenvalue weighted by Gasteiger charge is -2.14. The highest BCUT2D eigenvalue weighted by atomic mass is 32.2. The highest BCUT2D eigenvalue weighted by molar-refractivity contribution is 7.92. The van der Waals surface area contributed by atoms with Gasteiger partial charge in [-0.2, -0.15) is 0 Å². The Kier molecular flexibility index (Phi) is 7.21. The van der Waals surface area contributed by atoms with E-state index < -0.39 is 16.1 Å². The molecule has 8 heteroatoms. The number of sulfonamides is 1. The Morgan fingerprint density at radius 1 is 1.03 bits per heavy atom. The first-order valence-corrected chi connectivity index (χ1v) is 13.0. The van der Waals surface area contributed by atoms with E-state index in [9.17, 15) is 13.5 Å². The largest absolute Gasteiger partial charge is 0.492 e. The van der Waals surface area contributed by atoms with Crippen molar-refractivity contribution in [1.82, 2.24) is 10.3 Å². The predicted molar refractivity (Wildman–Crippen MR) is 137 cm³/mol. The van der Waals surface area contributed by atoms with Gasteiger partial charge in [-0.1, -0.05) is 42.5 Å². The maximum atomic E-state index is 11.4. The number of aliphatic hydroxyl groups excluding tert-OH is 1. The van der Waals surface area contributed by atoms with Gasteiger partial charge in [-0.15, -0.1) is 0 Å². The molecule has 0 aliphatic rings. The summed E-state index contributed by atoms with van der Waals surface area (Å²) in [5.41, 5.74) is 5.58. The van der Waals surface area contributed by atoms with Crippen LogP contribution < -0.4 is 14.8 Å². The topological polar surface area (TPSA) is 103 Å². The lowest BCUT2D eigenvalue weighted by atomic mass is 10.0. The summed E-state index contributed by atoms with van der Waals surface area (Å²) in [6, 6.07) is 23.1. The van der Waals surface area contributed by atoms with Crippen molar-refractivity contribution in [2.75, 3.05) is 30.7 Å². The smallest absolute Gasteiger partial charge is 0.229 e. The van der Waals surface area contributed by atoms with Gasteiger partial charge in [0.1, 0.15) is 12.4 Å². The number of aliphatic hydroxyl groups is 1. The fourth-order valence-electron chi connectivity index (χ4n) is 4.00. The van der Waals surface area contributed by atoms with Crippen LogP contribution in [0.25, 0.3) is 22.0 Å². The van der Waals surface area contributed by atoms with Crippen LogP contribution in [0.3, 0.4) is 0 Å². The van der Waals surface area contributed by atoms with Gasteiger partial charge in [0.2, 0.25) is 10.0 Å². The zero-order valence-corrected chi connectivity index (χ0v) is 20.0. The standard InChI is InChI=1S/C26H29N3O4S/c1-18-26(19-7-4-3-5-8-19)23-12-11-22(16-24(23)28-18)33-14-13-27-17-25(30)20-9-6-10-21(15-20)29-34(2,31)32/h3-12,15-16,25,27-30H,13-14,17H2,1-2H3/t25-/m0/s1. The van der Waals surface area contributed by atoms with E-state index in [1.54, 1.807) is 24.3 Å². The van der Waals surface area contributed by atoms with Crippen molar-refractivity contribution in [2.24, 2.45) is 0 Å². The lowest BCUT2D eigenvalue weighted by molar-refractivity contribution is 0.172. The molecule has 0 aliphatic carbocycles. The third kappa shape index (κ3) is 5.96. The lowest BCUT2D eigenvalue weighted by Crippen LogP contribution is -2.26. The minimum absolute atomic E-state index is 0.320. The van der Waals surface area contributed by atoms with Crippen molar-refractivity contribution in [1.29, 1.82) is 0 Å². The van der Waals surface area contributed by atoms with Crippen LogP contribution in [0.5, 0.6) is 5.75 Å². The van der Waals surface area contributed by atoms with Crippen LogP contribution in [-0.4, -0.2) is 44.5 Å². The number of aryl methyl sites for hydroxylation is 1. The molecule has 3 aromatic carbocycles. The SMILES string of the molecule is Cc1[nH]c2cc(OCCNC[C@H](O)c3cccc(NS(C)(=O)=O)c3)ccc2c1-c1ccccc1. The van der Waals surface area contributed by atoms with Crippen LogP contribution in [0.15, 0.2) is 72.8 Å². The molecular formula is C26H29N3O4S. The summed E-state index contributed by atoms with van der Waals surface area (Å²) in [7, 11) is -3.37. The molecule has 0 fully saturated rings. The fourth-order valence-corrected chi connectivity index (χ4v) is 4.55. The molecule has 4 N–H and O–H groups in total. The average Bonchev–Trinajstić information content (AvgIpc) is 3.13. The summed E-state index contributed by atoms with van der Waals surface area (Å²) in [4.78, 5) is 3.45. The van der Waals surface area contributed by atoms with E-state index in [1.165, 1.54) is 11.1 Å². The zero-order valence-electron chi connectivity index (χ0n) is 19.2. The van der Waals surface area contributed by atoms with Gasteiger partial charge in [-0.3, -0.25) is 4.72 Å². The number of rotatable bonds is 10. The number of hydrogen-bond acceptors (Lipinski definition) is 5. The molecule has 4 rings (SSSR count). The monoisotopic (exact) mass is 479 g/mol. The second-order valence-corrected chi connectivity index (χ2v) is 10.0. The molecule has 178 valence electrons. The molecule has 0 radical (unpaired) electrons. The number of hydrogen-bond donors (Lipinski definition) is 4. The van der Waals surface area contributed by atoms with Crippen LogP contribution in [0.2, 0.25) is 0 Å². The molecule has 1 atom stereocenters. The van der Waals surface area contributed by atoms with Crippen LogP contribution in [-0.2, 0) is 10.0 Å². The highest BCUT2D eigenvalue weighted by Crippen LogP contribution is 2.33. The minimum atomic E-state index is -3.37. The normalized spacial score (nSPS) is 12.6. The van der Waals surface area contributed by atoms with Gasteiger partial charge < -0.3 is 20.1 Å². The summed E-state index contributed by atoms with van der Waals surface area (Å²) >= 11 is 0. The molecule has 0 aliphatic heterocycles. The molecule has 34 heavy (non-hydrogen) atoms. The molecule has 4 aromatic rings. The van der Waals surface area contributed by atoms with Gasteiger partial charge in [0.05, 0.1) is 12.4 Å². The van der Waals surface area contributed by atoms with E-state index >= 15 is 0 Å². The van der Waals surface area contributed by atoms with E-state index in [-0.39, 0.29) is 0 Å². The Labute approximate surface area is 199 Å². The van der Waals surface area contributed by atoms with E-state index in [1.807, 2.05) is 30.3 Å². The van der Waals surface area contributed by atoms with Crippen LogP contribution in [0.1, 0.15) is 17.4 Å². The second kappa shape index (κ2) is 10.3. The minimum Gasteiger partial charge on any atom is -0.492 e. The van der Waals surface area contributed by atoms with Crippen molar-refractivity contribution in [3.8, 4) is 16.9 Å². The van der Waals surface area contributed by atoms with Crippen molar-refractivity contribution in [3.05, 3.63) is 84.1 Å². The number of nitrogens with one attached hydrogen (secondary N) is 3. The van der Waals surface area contributed by atoms with Gasteiger partial charge >= 0.3 is 0 Å². The maximum absolute atomic E-state index is 11.4. The number of aromatic amines is 1. The summed E-state index contributed by atoms with van der Waals surface area (Å²) in [6.07, 6.45) is 0.324. The number of ether oxygens (including phenoxy) is 1. The molecule has 0 spiro atoms. The quantitative estimate of drug-likeness (QED) is 0.255. The van der Waals surface area contributed by atoms with Gasteiger partial charge in [0.25, 0.3) is 0 Å². The van der Waals surface area contributed by atoms with E-state index in [4.69, 9.17) is 4.74 Å². The predicted octanol–water partition coefficient (Wildman–Crippen LogP) is 4.22. The average molecular weight is 480 g/mol. The van der Waals surface area contributed by atoms with E-state index in [0.717, 1.165) is 28.6 Å². The molecular weight excluding hydrogens is 450 g/mol. The third-order valence-electron chi connectivity index (χ3n) is 5.48. The Morgan fingerprint density at radius 3 is 2.59 bits per heavy atom. The number of H-pyrrole nitrogens is 1. The van der Waals surface area contributed by atoms with E-state index in [2.05, 4.69) is 40.1 Å². The van der Waals surface area contributed by atoms with Crippen molar-refractivity contribution >= 4 is 26.6 Å². The molecule has 0 saturated carbocycles. The summed E-state index contributed by atoms with van der Waals surface area (Å²) in [5, 5.41) is 14.7. The highest BCUT2D eigenvalue weighted by Gasteiger charge is 2.12. The molecule has 7 nitrogen and oxygen atoms in total. The van der Waals surface area contributed by atoms with Crippen molar-refractivity contribution < 1.29 is 18.3 Å². The Balaban J connectivity index is 1.29. The van der Waals surface area contributed by atoms with Crippen LogP contribution in [0, 0.1) is 6.92 Å². The Bertz CT molecular complexity index is 1370. The molecule has 0 saturated heterocycles. The third-order valence-corrected chi connectivity index (χ3v) is 6.09. The first kappa shape index (κ1) is 23.8. The molecule has 1 heterocycles. The number of anilines is 1. The Hall–Kier alpha value is -3.33. The van der Waals surface area contributed by atoms with E-state index in [0.29, 0.717) is 30.9 Å².